The van der Waals surface area contributed by atoms with Crippen molar-refractivity contribution in [2.45, 2.75) is 70.1 Å². The van der Waals surface area contributed by atoms with Gasteiger partial charge in [0.25, 0.3) is 17.7 Å². The van der Waals surface area contributed by atoms with E-state index < -0.39 is 30.5 Å². The summed E-state index contributed by atoms with van der Waals surface area (Å²) in [6, 6.07) is 6.67. The first-order valence-electron chi connectivity index (χ1n) is 13.3. The minimum atomic E-state index is -2.81. The molecule has 0 radical (unpaired) electrons. The monoisotopic (exact) mass is 541 g/mol. The fourth-order valence-corrected chi connectivity index (χ4v) is 4.97. The first-order chi connectivity index (χ1) is 18.4. The average molecular weight is 542 g/mol. The smallest absolute Gasteiger partial charge is 0.410 e. The summed E-state index contributed by atoms with van der Waals surface area (Å²) in [5, 5.41) is 0. The maximum absolute atomic E-state index is 13.5. The number of hydrogen-bond donors (Lipinski definition) is 0. The van der Waals surface area contributed by atoms with Gasteiger partial charge in [-0.1, -0.05) is 12.1 Å². The maximum Gasteiger partial charge on any atom is 0.410 e. The van der Waals surface area contributed by atoms with Crippen LogP contribution in [0.5, 0.6) is 0 Å². The number of hydrogen-bond acceptors (Lipinski definition) is 6. The summed E-state index contributed by atoms with van der Waals surface area (Å²) in [6.45, 7) is 5.46. The van der Waals surface area contributed by atoms with Gasteiger partial charge in [-0.3, -0.25) is 9.59 Å². The molecule has 3 fully saturated rings. The SMILES string of the molecule is CC(C)(C)OC(=O)N1CCC(N(C(=O)c2cnc(-c3ccc(C(=O)N4CC(F)(F)C4)cc3)nc2)C2CC2)CC1. The second-order valence-corrected chi connectivity index (χ2v) is 11.5. The number of aromatic nitrogens is 2. The van der Waals surface area contributed by atoms with Crippen LogP contribution in [0.2, 0.25) is 0 Å². The molecular weight excluding hydrogens is 508 g/mol. The van der Waals surface area contributed by atoms with Crippen LogP contribution in [0.3, 0.4) is 0 Å². The van der Waals surface area contributed by atoms with Crippen LogP contribution in [0.15, 0.2) is 36.7 Å². The number of ether oxygens (including phenoxy) is 1. The Balaban J connectivity index is 1.21. The van der Waals surface area contributed by atoms with Crippen LogP contribution in [0.25, 0.3) is 11.4 Å². The fraction of sp³-hybridized carbons (Fsp3) is 0.536. The van der Waals surface area contributed by atoms with Gasteiger partial charge in [-0.25, -0.2) is 23.5 Å². The Kier molecular flexibility index (Phi) is 7.02. The lowest BCUT2D eigenvalue weighted by Crippen LogP contribution is -2.58. The number of benzene rings is 1. The number of rotatable bonds is 5. The molecule has 1 aromatic heterocycles. The molecule has 0 bridgehead atoms. The van der Waals surface area contributed by atoms with Gasteiger partial charge in [0.15, 0.2) is 5.82 Å². The quantitative estimate of drug-likeness (QED) is 0.562. The molecule has 0 N–H and O–H groups in total. The van der Waals surface area contributed by atoms with Gasteiger partial charge in [-0.15, -0.1) is 0 Å². The van der Waals surface area contributed by atoms with Gasteiger partial charge in [0.1, 0.15) is 5.60 Å². The van der Waals surface area contributed by atoms with Crippen LogP contribution in [0, 0.1) is 0 Å². The summed E-state index contributed by atoms with van der Waals surface area (Å²) >= 11 is 0. The molecule has 0 unspecified atom stereocenters. The van der Waals surface area contributed by atoms with Crippen LogP contribution in [0.4, 0.5) is 13.6 Å². The van der Waals surface area contributed by atoms with E-state index in [0.29, 0.717) is 48.4 Å². The molecule has 39 heavy (non-hydrogen) atoms. The summed E-state index contributed by atoms with van der Waals surface area (Å²) < 4.78 is 31.6. The molecule has 11 heteroatoms. The van der Waals surface area contributed by atoms with Crippen LogP contribution >= 0.6 is 0 Å². The van der Waals surface area contributed by atoms with Gasteiger partial charge in [0, 0.05) is 48.7 Å². The second-order valence-electron chi connectivity index (χ2n) is 11.5. The van der Waals surface area contributed by atoms with Gasteiger partial charge in [-0.2, -0.15) is 0 Å². The molecule has 1 saturated carbocycles. The van der Waals surface area contributed by atoms with E-state index >= 15 is 0 Å². The number of carbonyl (C=O) groups is 3. The van der Waals surface area contributed by atoms with E-state index in [1.807, 2.05) is 25.7 Å². The topological polar surface area (TPSA) is 95.9 Å². The van der Waals surface area contributed by atoms with Crippen LogP contribution in [0.1, 0.15) is 67.2 Å². The van der Waals surface area contributed by atoms with Crippen LogP contribution in [-0.4, -0.2) is 92.4 Å². The van der Waals surface area contributed by atoms with Gasteiger partial charge < -0.3 is 19.4 Å². The molecule has 2 aromatic rings. The molecule has 1 aromatic carbocycles. The Bertz CT molecular complexity index is 1230. The first kappa shape index (κ1) is 27.0. The standard InChI is InChI=1S/C28H33F2N5O4/c1-27(2,3)39-26(38)33-12-10-22(11-13-33)35(21-8-9-21)25(37)20-14-31-23(32-15-20)18-4-6-19(7-5-18)24(36)34-16-28(29,30)17-34/h4-7,14-15,21-22H,8-13,16-17H2,1-3H3. The lowest BCUT2D eigenvalue weighted by Gasteiger charge is -2.39. The van der Waals surface area contributed by atoms with Gasteiger partial charge in [-0.05, 0) is 58.6 Å². The molecule has 3 heterocycles. The zero-order chi connectivity index (χ0) is 27.9. The van der Waals surface area contributed by atoms with Crippen molar-refractivity contribution in [2.24, 2.45) is 0 Å². The highest BCUT2D eigenvalue weighted by Gasteiger charge is 2.46. The number of halogens is 2. The van der Waals surface area contributed by atoms with Crippen molar-refractivity contribution in [2.75, 3.05) is 26.2 Å². The molecule has 0 atom stereocenters. The third-order valence-electron chi connectivity index (χ3n) is 7.10. The molecule has 1 aliphatic carbocycles. The van der Waals surface area contributed by atoms with E-state index in [4.69, 9.17) is 4.74 Å². The van der Waals surface area contributed by atoms with E-state index in [1.54, 1.807) is 29.2 Å². The Morgan fingerprint density at radius 1 is 0.897 bits per heavy atom. The lowest BCUT2D eigenvalue weighted by atomic mass is 10.0. The van der Waals surface area contributed by atoms with Crippen molar-refractivity contribution in [3.8, 4) is 11.4 Å². The Morgan fingerprint density at radius 2 is 1.46 bits per heavy atom. The Morgan fingerprint density at radius 3 is 1.97 bits per heavy atom. The van der Waals surface area contributed by atoms with E-state index in [-0.39, 0.29) is 24.1 Å². The number of carbonyl (C=O) groups excluding carboxylic acids is 3. The van der Waals surface area contributed by atoms with Crippen molar-refractivity contribution in [1.29, 1.82) is 0 Å². The lowest BCUT2D eigenvalue weighted by molar-refractivity contribution is -0.113. The average Bonchev–Trinajstić information content (AvgIpc) is 3.72. The largest absolute Gasteiger partial charge is 0.444 e. The summed E-state index contributed by atoms with van der Waals surface area (Å²) in [5.41, 5.74) is 0.808. The minimum absolute atomic E-state index is 0.0276. The van der Waals surface area contributed by atoms with Gasteiger partial charge in [0.2, 0.25) is 0 Å². The zero-order valence-corrected chi connectivity index (χ0v) is 22.4. The number of likely N-dealkylation sites (tertiary alicyclic amines) is 2. The third-order valence-corrected chi connectivity index (χ3v) is 7.10. The Hall–Kier alpha value is -3.63. The van der Waals surface area contributed by atoms with Crippen LogP contribution in [-0.2, 0) is 4.74 Å². The summed E-state index contributed by atoms with van der Waals surface area (Å²) in [7, 11) is 0. The van der Waals surface area contributed by atoms with Crippen LogP contribution < -0.4 is 0 Å². The molecular formula is C28H33F2N5O4. The van der Waals surface area contributed by atoms with Gasteiger partial charge >= 0.3 is 6.09 Å². The maximum atomic E-state index is 13.5. The molecule has 3 amide bonds. The molecule has 9 nitrogen and oxygen atoms in total. The molecule has 208 valence electrons. The predicted molar refractivity (Wildman–Crippen MR) is 138 cm³/mol. The highest BCUT2D eigenvalue weighted by molar-refractivity contribution is 5.95. The highest BCUT2D eigenvalue weighted by atomic mass is 19.3. The minimum Gasteiger partial charge on any atom is -0.444 e. The zero-order valence-electron chi connectivity index (χ0n) is 22.4. The Labute approximate surface area is 226 Å². The van der Waals surface area contributed by atoms with Crippen molar-refractivity contribution >= 4 is 17.9 Å². The molecule has 5 rings (SSSR count). The van der Waals surface area contributed by atoms with E-state index in [9.17, 15) is 23.2 Å². The van der Waals surface area contributed by atoms with Crippen molar-refractivity contribution < 1.29 is 27.9 Å². The molecule has 2 saturated heterocycles. The van der Waals surface area contributed by atoms with Crippen molar-refractivity contribution in [3.63, 3.8) is 0 Å². The normalized spacial score (nSPS) is 19.3. The number of piperidine rings is 1. The van der Waals surface area contributed by atoms with E-state index in [2.05, 4.69) is 9.97 Å². The summed E-state index contributed by atoms with van der Waals surface area (Å²) in [5.74, 6) is -2.97. The third kappa shape index (κ3) is 6.17. The van der Waals surface area contributed by atoms with E-state index in [1.165, 1.54) is 12.4 Å². The van der Waals surface area contributed by atoms with Gasteiger partial charge in [0.05, 0.1) is 18.7 Å². The summed E-state index contributed by atoms with van der Waals surface area (Å²) in [4.78, 5) is 51.8. The molecule has 2 aliphatic heterocycles. The number of amides is 3. The summed E-state index contributed by atoms with van der Waals surface area (Å²) in [6.07, 6.45) is 5.97. The molecule has 3 aliphatic rings. The fourth-order valence-electron chi connectivity index (χ4n) is 4.97. The number of alkyl halides is 2. The first-order valence-corrected chi connectivity index (χ1v) is 13.3. The van der Waals surface area contributed by atoms with Crippen molar-refractivity contribution in [3.05, 3.63) is 47.8 Å². The predicted octanol–water partition coefficient (Wildman–Crippen LogP) is 4.24. The number of nitrogens with zero attached hydrogens (tertiary/aromatic N) is 5. The van der Waals surface area contributed by atoms with E-state index in [0.717, 1.165) is 17.7 Å². The molecule has 0 spiro atoms. The van der Waals surface area contributed by atoms with Crippen molar-refractivity contribution in [1.82, 2.24) is 24.7 Å². The highest BCUT2D eigenvalue weighted by Crippen LogP contribution is 2.34. The second kappa shape index (κ2) is 10.2.